The van der Waals surface area contributed by atoms with Crippen LogP contribution >= 0.6 is 24.8 Å². The fraction of sp³-hybridized carbons (Fsp3) is 0.667. The van der Waals surface area contributed by atoms with E-state index in [2.05, 4.69) is 37.9 Å². The summed E-state index contributed by atoms with van der Waals surface area (Å²) in [6, 6.07) is 9.57. The third-order valence-electron chi connectivity index (χ3n) is 5.56. The fourth-order valence-electron chi connectivity index (χ4n) is 3.86. The molecule has 3 N–H and O–H groups in total. The van der Waals surface area contributed by atoms with Gasteiger partial charge >= 0.3 is 0 Å². The van der Waals surface area contributed by atoms with Crippen LogP contribution in [-0.4, -0.2) is 36.0 Å². The van der Waals surface area contributed by atoms with E-state index in [-0.39, 0.29) is 48.2 Å². The minimum absolute atomic E-state index is 0. The highest BCUT2D eigenvalue weighted by Gasteiger charge is 2.33. The SMILES string of the molecule is CC1CC(C)CN(C(C)(C)CNC(=O)C(C)C(N)c2ccccc2)C1.Cl.Cl. The summed E-state index contributed by atoms with van der Waals surface area (Å²) in [5.74, 6) is 1.20. The van der Waals surface area contributed by atoms with Crippen LogP contribution in [0, 0.1) is 17.8 Å². The quantitative estimate of drug-likeness (QED) is 0.733. The van der Waals surface area contributed by atoms with Gasteiger partial charge in [0, 0.05) is 31.2 Å². The highest BCUT2D eigenvalue weighted by atomic mass is 35.5. The number of carbonyl (C=O) groups excluding carboxylic acids is 1. The molecule has 0 bridgehead atoms. The highest BCUT2D eigenvalue weighted by Crippen LogP contribution is 2.27. The van der Waals surface area contributed by atoms with Crippen molar-refractivity contribution in [1.82, 2.24) is 10.2 Å². The maximum Gasteiger partial charge on any atom is 0.224 e. The number of piperidine rings is 1. The van der Waals surface area contributed by atoms with E-state index in [1.807, 2.05) is 37.3 Å². The Morgan fingerprint density at radius 1 is 1.19 bits per heavy atom. The van der Waals surface area contributed by atoms with Crippen LogP contribution in [0.4, 0.5) is 0 Å². The summed E-state index contributed by atoms with van der Waals surface area (Å²) in [6.45, 7) is 13.8. The molecule has 1 heterocycles. The van der Waals surface area contributed by atoms with Gasteiger partial charge < -0.3 is 11.1 Å². The zero-order chi connectivity index (χ0) is 18.6. The molecule has 1 aromatic carbocycles. The molecule has 1 aliphatic heterocycles. The molecule has 156 valence electrons. The number of hydrogen-bond donors (Lipinski definition) is 2. The van der Waals surface area contributed by atoms with E-state index in [0.717, 1.165) is 18.7 Å². The summed E-state index contributed by atoms with van der Waals surface area (Å²) in [4.78, 5) is 15.1. The average molecular weight is 418 g/mol. The molecule has 1 fully saturated rings. The number of halogens is 2. The lowest BCUT2D eigenvalue weighted by atomic mass is 9.87. The Hall–Kier alpha value is -0.810. The Morgan fingerprint density at radius 3 is 2.22 bits per heavy atom. The molecule has 1 aromatic rings. The first kappa shape index (κ1) is 26.2. The minimum Gasteiger partial charge on any atom is -0.354 e. The number of rotatable bonds is 6. The second kappa shape index (κ2) is 11.3. The summed E-state index contributed by atoms with van der Waals surface area (Å²) in [7, 11) is 0. The van der Waals surface area contributed by atoms with E-state index in [1.165, 1.54) is 6.42 Å². The molecule has 0 aliphatic carbocycles. The predicted octanol–water partition coefficient (Wildman–Crippen LogP) is 4.04. The van der Waals surface area contributed by atoms with Crippen molar-refractivity contribution in [2.24, 2.45) is 23.5 Å². The molecule has 1 aliphatic rings. The summed E-state index contributed by atoms with van der Waals surface area (Å²) < 4.78 is 0. The Morgan fingerprint density at radius 2 is 1.70 bits per heavy atom. The number of nitrogens with zero attached hydrogens (tertiary/aromatic N) is 1. The van der Waals surface area contributed by atoms with Gasteiger partial charge in [-0.25, -0.2) is 0 Å². The van der Waals surface area contributed by atoms with Gasteiger partial charge in [0.25, 0.3) is 0 Å². The van der Waals surface area contributed by atoms with Gasteiger partial charge in [-0.05, 0) is 37.7 Å². The van der Waals surface area contributed by atoms with Crippen molar-refractivity contribution in [3.63, 3.8) is 0 Å². The Bertz CT molecular complexity index is 558. The van der Waals surface area contributed by atoms with Crippen LogP contribution in [0.25, 0.3) is 0 Å². The van der Waals surface area contributed by atoms with Crippen molar-refractivity contribution in [2.45, 2.75) is 52.6 Å². The maximum absolute atomic E-state index is 12.6. The highest BCUT2D eigenvalue weighted by molar-refractivity contribution is 5.85. The molecule has 0 aromatic heterocycles. The van der Waals surface area contributed by atoms with Gasteiger partial charge in [-0.2, -0.15) is 0 Å². The van der Waals surface area contributed by atoms with Crippen LogP contribution < -0.4 is 11.1 Å². The van der Waals surface area contributed by atoms with Crippen molar-refractivity contribution in [2.75, 3.05) is 19.6 Å². The first-order chi connectivity index (χ1) is 11.7. The Kier molecular flexibility index (Phi) is 10.9. The van der Waals surface area contributed by atoms with E-state index >= 15 is 0 Å². The Balaban J connectivity index is 0.00000338. The van der Waals surface area contributed by atoms with Crippen molar-refractivity contribution >= 4 is 30.7 Å². The van der Waals surface area contributed by atoms with Gasteiger partial charge in [-0.3, -0.25) is 9.69 Å². The van der Waals surface area contributed by atoms with Gasteiger partial charge in [0.1, 0.15) is 0 Å². The molecular formula is C21H37Cl2N3O. The van der Waals surface area contributed by atoms with E-state index in [9.17, 15) is 4.79 Å². The van der Waals surface area contributed by atoms with Crippen LogP contribution in [0.1, 0.15) is 52.6 Å². The zero-order valence-corrected chi connectivity index (χ0v) is 18.9. The normalized spacial score (nSPS) is 22.7. The van der Waals surface area contributed by atoms with Crippen LogP contribution in [0.15, 0.2) is 30.3 Å². The van der Waals surface area contributed by atoms with Crippen molar-refractivity contribution < 1.29 is 4.79 Å². The van der Waals surface area contributed by atoms with E-state index in [1.54, 1.807) is 0 Å². The molecule has 0 radical (unpaired) electrons. The minimum atomic E-state index is -0.278. The first-order valence-electron chi connectivity index (χ1n) is 9.54. The topological polar surface area (TPSA) is 58.4 Å². The fourth-order valence-corrected chi connectivity index (χ4v) is 3.86. The number of amides is 1. The first-order valence-corrected chi connectivity index (χ1v) is 9.54. The summed E-state index contributed by atoms with van der Waals surface area (Å²) in [6.07, 6.45) is 1.29. The molecule has 4 unspecified atom stereocenters. The molecule has 4 atom stereocenters. The molecule has 27 heavy (non-hydrogen) atoms. The van der Waals surface area contributed by atoms with Crippen molar-refractivity contribution in [3.8, 4) is 0 Å². The molecule has 0 spiro atoms. The van der Waals surface area contributed by atoms with Crippen LogP contribution in [0.5, 0.6) is 0 Å². The molecule has 2 rings (SSSR count). The summed E-state index contributed by atoms with van der Waals surface area (Å²) in [5, 5.41) is 3.14. The predicted molar refractivity (Wildman–Crippen MR) is 119 cm³/mol. The smallest absolute Gasteiger partial charge is 0.224 e. The van der Waals surface area contributed by atoms with Crippen LogP contribution in [0.2, 0.25) is 0 Å². The number of nitrogens with two attached hydrogens (primary N) is 1. The molecule has 0 saturated carbocycles. The summed E-state index contributed by atoms with van der Waals surface area (Å²) in [5.41, 5.74) is 7.24. The van der Waals surface area contributed by atoms with Crippen molar-refractivity contribution in [1.29, 1.82) is 0 Å². The number of hydrogen-bond acceptors (Lipinski definition) is 3. The molecule has 1 saturated heterocycles. The summed E-state index contributed by atoms with van der Waals surface area (Å²) >= 11 is 0. The number of benzene rings is 1. The number of likely N-dealkylation sites (tertiary alicyclic amines) is 1. The maximum atomic E-state index is 12.6. The monoisotopic (exact) mass is 417 g/mol. The Labute approximate surface area is 177 Å². The van der Waals surface area contributed by atoms with E-state index < -0.39 is 0 Å². The molecule has 4 nitrogen and oxygen atoms in total. The van der Waals surface area contributed by atoms with Crippen molar-refractivity contribution in [3.05, 3.63) is 35.9 Å². The average Bonchev–Trinajstić information content (AvgIpc) is 2.58. The van der Waals surface area contributed by atoms with Crippen LogP contribution in [0.3, 0.4) is 0 Å². The number of nitrogens with one attached hydrogen (secondary N) is 1. The van der Waals surface area contributed by atoms with Gasteiger partial charge in [0.15, 0.2) is 0 Å². The van der Waals surface area contributed by atoms with Gasteiger partial charge in [0.05, 0.1) is 5.92 Å². The molecular weight excluding hydrogens is 381 g/mol. The lowest BCUT2D eigenvalue weighted by Gasteiger charge is -2.45. The van der Waals surface area contributed by atoms with E-state index in [0.29, 0.717) is 18.4 Å². The van der Waals surface area contributed by atoms with Gasteiger partial charge in [-0.1, -0.05) is 51.1 Å². The van der Waals surface area contributed by atoms with Gasteiger partial charge in [0.2, 0.25) is 5.91 Å². The van der Waals surface area contributed by atoms with E-state index in [4.69, 9.17) is 5.73 Å². The second-order valence-corrected chi connectivity index (χ2v) is 8.61. The van der Waals surface area contributed by atoms with Crippen LogP contribution in [-0.2, 0) is 4.79 Å². The zero-order valence-electron chi connectivity index (χ0n) is 17.3. The lowest BCUT2D eigenvalue weighted by molar-refractivity contribution is -0.125. The second-order valence-electron chi connectivity index (χ2n) is 8.61. The van der Waals surface area contributed by atoms with Gasteiger partial charge in [-0.15, -0.1) is 24.8 Å². The standard InChI is InChI=1S/C21H35N3O.2ClH/c1-15-11-16(2)13-24(12-15)21(4,5)14-23-20(25)17(3)19(22)18-9-7-6-8-10-18;;/h6-10,15-17,19H,11-14,22H2,1-5H3,(H,23,25);2*1H. The lowest BCUT2D eigenvalue weighted by Crippen LogP contribution is -2.56. The largest absolute Gasteiger partial charge is 0.354 e. The third kappa shape index (κ3) is 7.26. The number of carbonyl (C=O) groups is 1. The molecule has 1 amide bonds. The molecule has 6 heteroatoms. The third-order valence-corrected chi connectivity index (χ3v) is 5.56.